The van der Waals surface area contributed by atoms with E-state index < -0.39 is 0 Å². The summed E-state index contributed by atoms with van der Waals surface area (Å²) in [5, 5.41) is 5.31. The lowest BCUT2D eigenvalue weighted by atomic mass is 10.2. The van der Waals surface area contributed by atoms with Gasteiger partial charge in [0.2, 0.25) is 0 Å². The van der Waals surface area contributed by atoms with Crippen LogP contribution in [0.2, 0.25) is 0 Å². The summed E-state index contributed by atoms with van der Waals surface area (Å²) in [5.74, 6) is 0.382. The zero-order chi connectivity index (χ0) is 28.1. The van der Waals surface area contributed by atoms with Crippen LogP contribution in [-0.2, 0) is 4.79 Å². The minimum atomic E-state index is 0.274. The Labute approximate surface area is 232 Å². The second kappa shape index (κ2) is 15.6. The summed E-state index contributed by atoms with van der Waals surface area (Å²) in [6.45, 7) is 15.9. The number of benzene rings is 2. The van der Waals surface area contributed by atoms with Crippen molar-refractivity contribution in [3.8, 4) is 5.69 Å². The van der Waals surface area contributed by atoms with Gasteiger partial charge in [-0.2, -0.15) is 0 Å². The van der Waals surface area contributed by atoms with Crippen molar-refractivity contribution in [1.29, 1.82) is 0 Å². The molecule has 4 aromatic rings. The van der Waals surface area contributed by atoms with Crippen LogP contribution in [0, 0.1) is 0 Å². The van der Waals surface area contributed by atoms with Crippen LogP contribution in [0.4, 0.5) is 16.4 Å². The number of anilines is 3. The summed E-state index contributed by atoms with van der Waals surface area (Å²) >= 11 is 1.56. The molecular formula is C32H42N4OS. The first kappa shape index (κ1) is 30.6. The van der Waals surface area contributed by atoms with Gasteiger partial charge in [0.25, 0.3) is 0 Å². The number of carbonyl (C=O) groups is 1. The van der Waals surface area contributed by atoms with Crippen molar-refractivity contribution >= 4 is 56.8 Å². The highest BCUT2D eigenvalue weighted by atomic mass is 32.1. The largest absolute Gasteiger partial charge is 0.342 e. The summed E-state index contributed by atoms with van der Waals surface area (Å²) in [6, 6.07) is 21.3. The topological polar surface area (TPSA) is 49.6 Å². The molecule has 38 heavy (non-hydrogen) atoms. The number of fused-ring (bicyclic) bond motifs is 1. The lowest BCUT2D eigenvalue weighted by Crippen LogP contribution is -2.16. The fraction of sp³-hybridized carbons (Fsp3) is 0.312. The summed E-state index contributed by atoms with van der Waals surface area (Å²) < 4.78 is 2.20. The normalized spacial score (nSPS) is 12.1. The van der Waals surface area contributed by atoms with Crippen LogP contribution in [0.25, 0.3) is 22.7 Å². The molecule has 2 heterocycles. The molecule has 0 unspecified atom stereocenters. The number of para-hydroxylation sites is 1. The number of nitrogens with zero attached hydrogens (tertiary/aromatic N) is 3. The molecule has 0 spiro atoms. The number of carbonyl (C=O) groups excluding carboxylic acids is 1. The Hall–Kier alpha value is -3.64. The van der Waals surface area contributed by atoms with Crippen molar-refractivity contribution in [1.82, 2.24) is 4.57 Å². The van der Waals surface area contributed by atoms with Crippen molar-refractivity contribution in [2.45, 2.75) is 60.4 Å². The van der Waals surface area contributed by atoms with E-state index in [-0.39, 0.29) is 6.04 Å². The highest BCUT2D eigenvalue weighted by molar-refractivity contribution is 7.17. The van der Waals surface area contributed by atoms with Crippen molar-refractivity contribution in [3.63, 3.8) is 0 Å². The van der Waals surface area contributed by atoms with Gasteiger partial charge >= 0.3 is 0 Å². The van der Waals surface area contributed by atoms with Crippen LogP contribution in [0.15, 0.2) is 78.4 Å². The summed E-state index contributed by atoms with van der Waals surface area (Å²) in [5.41, 5.74) is 4.29. The third kappa shape index (κ3) is 7.45. The molecule has 0 bridgehead atoms. The van der Waals surface area contributed by atoms with Gasteiger partial charge in [0, 0.05) is 34.9 Å². The molecule has 6 heteroatoms. The van der Waals surface area contributed by atoms with Gasteiger partial charge in [-0.15, -0.1) is 11.3 Å². The Kier molecular flexibility index (Phi) is 12.5. The lowest BCUT2D eigenvalue weighted by Gasteiger charge is -2.21. The first-order valence-corrected chi connectivity index (χ1v) is 14.4. The minimum absolute atomic E-state index is 0.274. The van der Waals surface area contributed by atoms with Crippen LogP contribution in [0.3, 0.4) is 0 Å². The van der Waals surface area contributed by atoms with Crippen LogP contribution in [0.5, 0.6) is 0 Å². The summed E-state index contributed by atoms with van der Waals surface area (Å²) in [7, 11) is 2.04. The number of rotatable bonds is 7. The number of hydrogen-bond donors (Lipinski definition) is 1. The average Bonchev–Trinajstić information content (AvgIpc) is 3.56. The molecule has 1 fully saturated rings. The van der Waals surface area contributed by atoms with E-state index in [0.29, 0.717) is 5.84 Å². The van der Waals surface area contributed by atoms with Crippen LogP contribution in [0.1, 0.15) is 59.3 Å². The second-order valence-corrected chi connectivity index (χ2v) is 8.96. The average molecular weight is 531 g/mol. The lowest BCUT2D eigenvalue weighted by molar-refractivity contribution is -0.102. The van der Waals surface area contributed by atoms with Gasteiger partial charge in [0.15, 0.2) is 12.1 Å². The van der Waals surface area contributed by atoms with Crippen molar-refractivity contribution in [2.24, 2.45) is 4.99 Å². The van der Waals surface area contributed by atoms with Gasteiger partial charge in [0.1, 0.15) is 5.00 Å². The fourth-order valence-corrected chi connectivity index (χ4v) is 4.67. The Balaban J connectivity index is 0.000000791. The molecule has 0 saturated heterocycles. The van der Waals surface area contributed by atoms with E-state index >= 15 is 0 Å². The van der Waals surface area contributed by atoms with Crippen molar-refractivity contribution < 1.29 is 4.79 Å². The zero-order valence-electron chi connectivity index (χ0n) is 23.9. The molecule has 1 aliphatic carbocycles. The van der Waals surface area contributed by atoms with Gasteiger partial charge in [-0.05, 0) is 49.2 Å². The van der Waals surface area contributed by atoms with E-state index in [9.17, 15) is 4.79 Å². The number of hydrogen-bond acceptors (Lipinski definition) is 4. The predicted octanol–water partition coefficient (Wildman–Crippen LogP) is 9.35. The van der Waals surface area contributed by atoms with E-state index in [0.717, 1.165) is 51.6 Å². The van der Waals surface area contributed by atoms with Gasteiger partial charge < -0.3 is 14.8 Å². The quantitative estimate of drug-likeness (QED) is 0.147. The molecule has 5 rings (SSSR count). The number of aliphatic imine (C=N–C) groups is 1. The molecule has 1 N–H and O–H groups in total. The number of aldehydes is 1. The predicted molar refractivity (Wildman–Crippen MR) is 170 cm³/mol. The standard InChI is InChI=1S/C26H24N4OS.3C2H6/c1-3-22-16-24(26(32-22)28-25(17-31)27-19-10-11-19)29(2)21-12-9-18-13-14-30(23(18)15-21)20-7-5-4-6-8-20;3*1-2/h3-9,12-17,19H,1,10-11H2,2H3,(H,27,28);3*1-2H3. The van der Waals surface area contributed by atoms with E-state index in [1.807, 2.05) is 72.9 Å². The number of amidine groups is 1. The molecule has 1 saturated carbocycles. The molecule has 202 valence electrons. The zero-order valence-corrected chi connectivity index (χ0v) is 24.7. The van der Waals surface area contributed by atoms with Crippen LogP contribution < -0.4 is 10.2 Å². The minimum Gasteiger partial charge on any atom is -0.342 e. The highest BCUT2D eigenvalue weighted by Gasteiger charge is 2.22. The second-order valence-electron chi connectivity index (χ2n) is 7.88. The monoisotopic (exact) mass is 530 g/mol. The Morgan fingerprint density at radius 3 is 2.32 bits per heavy atom. The number of aromatic nitrogens is 1. The van der Waals surface area contributed by atoms with Gasteiger partial charge in [-0.25, -0.2) is 0 Å². The third-order valence-corrected chi connectivity index (χ3v) is 6.65. The van der Waals surface area contributed by atoms with Crippen molar-refractivity contribution in [3.05, 3.63) is 78.3 Å². The van der Waals surface area contributed by atoms with E-state index in [1.165, 1.54) is 5.39 Å². The maximum absolute atomic E-state index is 11.6. The Bertz CT molecular complexity index is 1320. The van der Waals surface area contributed by atoms with Crippen LogP contribution in [-0.4, -0.2) is 29.8 Å². The van der Waals surface area contributed by atoms with Gasteiger partial charge in [-0.3, -0.25) is 9.79 Å². The van der Waals surface area contributed by atoms with Crippen LogP contribution >= 0.6 is 11.3 Å². The van der Waals surface area contributed by atoms with E-state index in [4.69, 9.17) is 0 Å². The first-order chi connectivity index (χ1) is 18.7. The van der Waals surface area contributed by atoms with Gasteiger partial charge in [-0.1, -0.05) is 78.5 Å². The van der Waals surface area contributed by atoms with Gasteiger partial charge in [0.05, 0.1) is 17.2 Å². The smallest absolute Gasteiger partial charge is 0.185 e. The molecule has 0 atom stereocenters. The SMILES string of the molecule is C=Cc1cc(N(C)c2ccc3ccn(-c4ccccc4)c3c2)c(NC(C=O)=NC2CC2)s1.CC.CC.CC. The number of thiophene rings is 1. The number of nitrogens with one attached hydrogen (secondary N) is 1. The first-order valence-electron chi connectivity index (χ1n) is 13.6. The molecule has 0 amide bonds. The Morgan fingerprint density at radius 1 is 1.03 bits per heavy atom. The summed E-state index contributed by atoms with van der Waals surface area (Å²) in [6.07, 6.45) is 6.83. The fourth-order valence-electron chi connectivity index (χ4n) is 3.73. The molecule has 1 aliphatic rings. The maximum Gasteiger partial charge on any atom is 0.185 e. The third-order valence-electron chi connectivity index (χ3n) is 5.61. The van der Waals surface area contributed by atoms with Crippen molar-refractivity contribution in [2.75, 3.05) is 17.3 Å². The van der Waals surface area contributed by atoms with E-state index in [1.54, 1.807) is 11.3 Å². The molecule has 2 aromatic carbocycles. The molecule has 0 aliphatic heterocycles. The highest BCUT2D eigenvalue weighted by Crippen LogP contribution is 2.40. The molecule has 0 radical (unpaired) electrons. The van der Waals surface area contributed by atoms with E-state index in [2.05, 4.69) is 75.0 Å². The maximum atomic E-state index is 11.6. The molecular weight excluding hydrogens is 488 g/mol. The molecule has 2 aromatic heterocycles. The Morgan fingerprint density at radius 2 is 1.71 bits per heavy atom. The molecule has 5 nitrogen and oxygen atoms in total. The summed E-state index contributed by atoms with van der Waals surface area (Å²) in [4.78, 5) is 19.2.